The van der Waals surface area contributed by atoms with Crippen molar-refractivity contribution in [3.05, 3.63) is 59.7 Å². The number of halogens is 2. The van der Waals surface area contributed by atoms with Gasteiger partial charge in [0.1, 0.15) is 23.4 Å². The minimum atomic E-state index is -4.08. The van der Waals surface area contributed by atoms with E-state index in [-0.39, 0.29) is 19.1 Å². The Bertz CT molecular complexity index is 1800. The number of hydrogen-bond acceptors (Lipinski definition) is 9. The Balaban J connectivity index is 1.27. The number of oxime groups is 1. The van der Waals surface area contributed by atoms with Gasteiger partial charge in [-0.05, 0) is 49.7 Å². The van der Waals surface area contributed by atoms with Gasteiger partial charge in [0.25, 0.3) is 5.91 Å². The number of rotatable bonds is 14. The van der Waals surface area contributed by atoms with Crippen LogP contribution in [-0.2, 0) is 34.0 Å². The van der Waals surface area contributed by atoms with E-state index in [4.69, 9.17) is 9.57 Å². The predicted molar refractivity (Wildman–Crippen MR) is 190 cm³/mol. The Kier molecular flexibility index (Phi) is 10.5. The lowest BCUT2D eigenvalue weighted by atomic mass is 9.85. The summed E-state index contributed by atoms with van der Waals surface area (Å²) in [5, 5.41) is 9.50. The van der Waals surface area contributed by atoms with Crippen LogP contribution in [0.15, 0.2) is 53.7 Å². The lowest BCUT2D eigenvalue weighted by Gasteiger charge is -2.36. The summed E-state index contributed by atoms with van der Waals surface area (Å²) in [5.74, 6) is -4.08. The molecule has 3 fully saturated rings. The molecule has 3 aliphatic carbocycles. The van der Waals surface area contributed by atoms with Crippen LogP contribution >= 0.6 is 0 Å². The largest absolute Gasteiger partial charge is 0.390 e. The average molecular weight is 744 g/mol. The summed E-state index contributed by atoms with van der Waals surface area (Å²) in [6, 6.07) is 13.5. The minimum Gasteiger partial charge on any atom is -0.390 e. The van der Waals surface area contributed by atoms with Crippen LogP contribution in [0.3, 0.4) is 0 Å². The Hall–Kier alpha value is -3.95. The van der Waals surface area contributed by atoms with E-state index in [0.717, 1.165) is 22.3 Å². The van der Waals surface area contributed by atoms with Crippen molar-refractivity contribution in [2.45, 2.75) is 102 Å². The molecule has 0 bridgehead atoms. The Morgan fingerprint density at radius 1 is 1.00 bits per heavy atom. The quantitative estimate of drug-likeness (QED) is 0.167. The lowest BCUT2D eigenvalue weighted by molar-refractivity contribution is -0.143. The second-order valence-electron chi connectivity index (χ2n) is 15.5. The fourth-order valence-corrected chi connectivity index (χ4v) is 8.42. The minimum absolute atomic E-state index is 0.0150. The van der Waals surface area contributed by atoms with Gasteiger partial charge >= 0.3 is 0 Å². The second-order valence-corrected chi connectivity index (χ2v) is 17.4. The van der Waals surface area contributed by atoms with Crippen LogP contribution in [0, 0.1) is 11.3 Å². The molecular formula is C37H47F2N5O7S. The van der Waals surface area contributed by atoms with Crippen molar-refractivity contribution in [1.82, 2.24) is 20.3 Å². The zero-order valence-corrected chi connectivity index (χ0v) is 30.8. The fourth-order valence-electron chi connectivity index (χ4n) is 7.05. The van der Waals surface area contributed by atoms with Crippen molar-refractivity contribution in [3.63, 3.8) is 0 Å². The normalized spacial score (nSPS) is 24.4. The number of ether oxygens (including phenoxy) is 1. The molecule has 0 radical (unpaired) electrons. The van der Waals surface area contributed by atoms with Crippen LogP contribution in [0.2, 0.25) is 0 Å². The highest BCUT2D eigenvalue weighted by Crippen LogP contribution is 2.48. The van der Waals surface area contributed by atoms with Gasteiger partial charge < -0.3 is 25.1 Å². The van der Waals surface area contributed by atoms with Crippen molar-refractivity contribution in [2.24, 2.45) is 16.5 Å². The van der Waals surface area contributed by atoms with E-state index in [9.17, 15) is 31.6 Å². The van der Waals surface area contributed by atoms with Crippen molar-refractivity contribution in [2.75, 3.05) is 19.7 Å². The van der Waals surface area contributed by atoms with E-state index >= 15 is 0 Å². The van der Waals surface area contributed by atoms with Gasteiger partial charge in [-0.2, -0.15) is 0 Å². The van der Waals surface area contributed by atoms with E-state index in [1.54, 1.807) is 0 Å². The molecule has 4 aliphatic rings. The number of carbonyl (C=O) groups excluding carboxylic acids is 3. The van der Waals surface area contributed by atoms with Crippen molar-refractivity contribution in [1.29, 1.82) is 0 Å². The van der Waals surface area contributed by atoms with E-state index in [2.05, 4.69) is 15.8 Å². The summed E-state index contributed by atoms with van der Waals surface area (Å²) in [6.45, 7) is 10.1. The zero-order chi connectivity index (χ0) is 37.6. The number of carbonyl (C=O) groups is 3. The Morgan fingerprint density at radius 2 is 1.60 bits per heavy atom. The molecule has 0 aromatic heterocycles. The van der Waals surface area contributed by atoms with Gasteiger partial charge in [-0.1, -0.05) is 74.5 Å². The molecule has 3 N–H and O–H groups in total. The van der Waals surface area contributed by atoms with Crippen LogP contribution in [-0.4, -0.2) is 98.0 Å². The Labute approximate surface area is 303 Å². The number of amides is 3. The molecule has 1 aliphatic heterocycles. The summed E-state index contributed by atoms with van der Waals surface area (Å²) < 4.78 is 60.9. The highest BCUT2D eigenvalue weighted by molar-refractivity contribution is 7.91. The molecule has 6 rings (SSSR count). The molecule has 15 heteroatoms. The summed E-state index contributed by atoms with van der Waals surface area (Å²) in [4.78, 5) is 49.3. The van der Waals surface area contributed by atoms with Gasteiger partial charge in [0, 0.05) is 24.1 Å². The molecule has 12 nitrogen and oxygen atoms in total. The highest BCUT2D eigenvalue weighted by Gasteiger charge is 2.66. The zero-order valence-electron chi connectivity index (χ0n) is 30.0. The first-order valence-corrected chi connectivity index (χ1v) is 19.3. The third-order valence-electron chi connectivity index (χ3n) is 10.1. The summed E-state index contributed by atoms with van der Waals surface area (Å²) >= 11 is 0. The van der Waals surface area contributed by atoms with Crippen LogP contribution in [0.4, 0.5) is 8.78 Å². The van der Waals surface area contributed by atoms with Crippen molar-refractivity contribution in [3.8, 4) is 11.1 Å². The molecule has 5 atom stereocenters. The molecule has 52 heavy (non-hydrogen) atoms. The molecule has 3 amide bonds. The number of likely N-dealkylation sites (tertiary alicyclic amines) is 1. The van der Waals surface area contributed by atoms with Crippen LogP contribution in [0.1, 0.15) is 71.4 Å². The molecule has 1 heterocycles. The van der Waals surface area contributed by atoms with Gasteiger partial charge in [0.2, 0.25) is 28.3 Å². The van der Waals surface area contributed by atoms with Gasteiger partial charge in [0.05, 0.1) is 36.5 Å². The maximum Gasteiger partial charge on any atom is 0.259 e. The predicted octanol–water partition coefficient (Wildman–Crippen LogP) is 3.58. The third-order valence-corrected chi connectivity index (χ3v) is 11.9. The Morgan fingerprint density at radius 3 is 2.12 bits per heavy atom. The van der Waals surface area contributed by atoms with Crippen LogP contribution in [0.25, 0.3) is 11.1 Å². The number of nitrogens with zero attached hydrogens (tertiary/aromatic N) is 2. The summed E-state index contributed by atoms with van der Waals surface area (Å²) in [5.41, 5.74) is 1.55. The first-order chi connectivity index (χ1) is 24.5. The lowest BCUT2D eigenvalue weighted by Crippen LogP contribution is -2.60. The topological polar surface area (TPSA) is 155 Å². The molecule has 2 saturated carbocycles. The van der Waals surface area contributed by atoms with Gasteiger partial charge in [-0.15, -0.1) is 0 Å². The first-order valence-electron chi connectivity index (χ1n) is 17.8. The average Bonchev–Trinajstić information content (AvgIpc) is 3.99. The third kappa shape index (κ3) is 7.72. The molecule has 282 valence electrons. The molecule has 1 saturated heterocycles. The number of sulfonamides is 1. The number of benzene rings is 2. The molecule has 0 unspecified atom stereocenters. The fraction of sp³-hybridized carbons (Fsp3) is 0.568. The standard InChI is InChI=1S/C37H47F2N5O7S/c1-21(2)50-17-16-40-31(36(3,4)5)34(46)44-20-22(51-42-30-26-12-8-6-10-24(26)25-11-7-9-13-27(25)30)18-29(44)33(45)41-37(19-28(37)32(38)39)35(47)43-52(48,49)23-14-15-23/h6-13,21-23,28-29,31-32,40H,14-20H2,1-5H3,(H,41,45)(H,43,47)/t22-,28+,29+,31-,37+/m1/s1. The van der Waals surface area contributed by atoms with Crippen molar-refractivity contribution < 1.29 is 41.2 Å². The number of nitrogens with one attached hydrogen (secondary N) is 3. The molecule has 0 spiro atoms. The maximum atomic E-state index is 14.4. The smallest absolute Gasteiger partial charge is 0.259 e. The number of alkyl halides is 2. The summed E-state index contributed by atoms with van der Waals surface area (Å²) in [7, 11) is -4.08. The maximum absolute atomic E-state index is 14.4. The molecular weight excluding hydrogens is 696 g/mol. The molecule has 2 aromatic rings. The summed E-state index contributed by atoms with van der Waals surface area (Å²) in [6.07, 6.45) is -3.58. The van der Waals surface area contributed by atoms with Gasteiger partial charge in [0.15, 0.2) is 0 Å². The second kappa shape index (κ2) is 14.5. The number of hydrogen-bond donors (Lipinski definition) is 3. The first kappa shape index (κ1) is 37.8. The van der Waals surface area contributed by atoms with Crippen LogP contribution in [0.5, 0.6) is 0 Å². The van der Waals surface area contributed by atoms with E-state index in [0.29, 0.717) is 31.7 Å². The van der Waals surface area contributed by atoms with Gasteiger partial charge in [-0.3, -0.25) is 19.1 Å². The number of fused-ring (bicyclic) bond motifs is 3. The van der Waals surface area contributed by atoms with Crippen LogP contribution < -0.4 is 15.4 Å². The SMILES string of the molecule is CC(C)OCCN[C@H](C(=O)N1C[C@H](ON=C2c3ccccc3-c3ccccc32)C[C@H]1C(=O)N[C@@]1(C(=O)NS(=O)(=O)C2CC2)C[C@H]1C(F)F)C(C)(C)C. The van der Waals surface area contributed by atoms with E-state index in [1.807, 2.05) is 87.9 Å². The molecule has 2 aromatic carbocycles. The van der Waals surface area contributed by atoms with E-state index in [1.165, 1.54) is 4.90 Å². The van der Waals surface area contributed by atoms with Crippen molar-refractivity contribution >= 4 is 33.5 Å². The van der Waals surface area contributed by atoms with Gasteiger partial charge in [-0.25, -0.2) is 17.2 Å². The monoisotopic (exact) mass is 743 g/mol. The highest BCUT2D eigenvalue weighted by atomic mass is 32.2. The van der Waals surface area contributed by atoms with E-state index < -0.39 is 80.9 Å².